The number of carboxylic acids is 2. The topological polar surface area (TPSA) is 74.6 Å². The predicted octanol–water partition coefficient (Wildman–Crippen LogP) is 4.95. The molecule has 0 unspecified atom stereocenters. The van der Waals surface area contributed by atoms with Gasteiger partial charge in [0.1, 0.15) is 0 Å². The van der Waals surface area contributed by atoms with E-state index in [9.17, 15) is 9.59 Å². The third-order valence-corrected chi connectivity index (χ3v) is 3.38. The van der Waals surface area contributed by atoms with E-state index in [-0.39, 0.29) is 6.42 Å². The first kappa shape index (κ1) is 20.4. The van der Waals surface area contributed by atoms with Gasteiger partial charge >= 0.3 is 11.9 Å². The molecule has 0 aromatic rings. The predicted molar refractivity (Wildman–Crippen MR) is 89.0 cm³/mol. The van der Waals surface area contributed by atoms with Crippen LogP contribution in [0.4, 0.5) is 0 Å². The summed E-state index contributed by atoms with van der Waals surface area (Å²) in [4.78, 5) is 20.6. The molecular formula is C18H30O4. The van der Waals surface area contributed by atoms with Gasteiger partial charge in [-0.2, -0.15) is 0 Å². The van der Waals surface area contributed by atoms with Crippen LogP contribution in [0.25, 0.3) is 0 Å². The van der Waals surface area contributed by atoms with Crippen LogP contribution in [0.1, 0.15) is 77.0 Å². The van der Waals surface area contributed by atoms with Gasteiger partial charge in [-0.05, 0) is 44.9 Å². The minimum Gasteiger partial charge on any atom is -0.481 e. The van der Waals surface area contributed by atoms with E-state index in [0.717, 1.165) is 51.4 Å². The van der Waals surface area contributed by atoms with Crippen LogP contribution in [-0.4, -0.2) is 22.2 Å². The van der Waals surface area contributed by atoms with Gasteiger partial charge in [0.05, 0.1) is 0 Å². The van der Waals surface area contributed by atoms with E-state index in [1.54, 1.807) is 0 Å². The minimum atomic E-state index is -0.714. The van der Waals surface area contributed by atoms with E-state index in [1.807, 2.05) is 0 Å². The molecule has 0 spiro atoms. The highest BCUT2D eigenvalue weighted by Gasteiger charge is 1.96. The molecule has 0 radical (unpaired) electrons. The summed E-state index contributed by atoms with van der Waals surface area (Å²) in [7, 11) is 0. The maximum absolute atomic E-state index is 10.3. The van der Waals surface area contributed by atoms with Crippen molar-refractivity contribution in [3.8, 4) is 0 Å². The van der Waals surface area contributed by atoms with Crippen molar-refractivity contribution >= 4 is 11.9 Å². The van der Waals surface area contributed by atoms with E-state index in [2.05, 4.69) is 24.3 Å². The minimum absolute atomic E-state index is 0.268. The van der Waals surface area contributed by atoms with Crippen molar-refractivity contribution < 1.29 is 19.8 Å². The van der Waals surface area contributed by atoms with Gasteiger partial charge in [-0.3, -0.25) is 9.59 Å². The first-order valence-electron chi connectivity index (χ1n) is 8.36. The van der Waals surface area contributed by atoms with Gasteiger partial charge in [-0.15, -0.1) is 0 Å². The number of hydrogen-bond acceptors (Lipinski definition) is 2. The molecule has 0 aromatic carbocycles. The summed E-state index contributed by atoms with van der Waals surface area (Å²) in [6.07, 6.45) is 19.1. The number of hydrogen-bond donors (Lipinski definition) is 2. The molecule has 0 saturated carbocycles. The number of rotatable bonds is 15. The molecule has 2 N–H and O–H groups in total. The molecule has 0 rings (SSSR count). The van der Waals surface area contributed by atoms with Crippen LogP contribution in [0.2, 0.25) is 0 Å². The van der Waals surface area contributed by atoms with Crippen molar-refractivity contribution in [2.75, 3.05) is 0 Å². The number of aliphatic carboxylic acids is 2. The van der Waals surface area contributed by atoms with E-state index in [1.165, 1.54) is 12.8 Å². The Morgan fingerprint density at radius 1 is 0.591 bits per heavy atom. The lowest BCUT2D eigenvalue weighted by atomic mass is 10.1. The van der Waals surface area contributed by atoms with Gasteiger partial charge in [0.2, 0.25) is 0 Å². The molecule has 0 aliphatic carbocycles. The normalized spacial score (nSPS) is 11.5. The highest BCUT2D eigenvalue weighted by molar-refractivity contribution is 5.66. The van der Waals surface area contributed by atoms with Crippen molar-refractivity contribution in [3.05, 3.63) is 24.3 Å². The Kier molecular flexibility index (Phi) is 14.7. The first-order valence-corrected chi connectivity index (χ1v) is 8.36. The van der Waals surface area contributed by atoms with Gasteiger partial charge in [-0.25, -0.2) is 0 Å². The lowest BCUT2D eigenvalue weighted by Gasteiger charge is -1.98. The molecule has 0 saturated heterocycles. The maximum Gasteiger partial charge on any atom is 0.303 e. The lowest BCUT2D eigenvalue weighted by molar-refractivity contribution is -0.138. The van der Waals surface area contributed by atoms with Gasteiger partial charge in [0.25, 0.3) is 0 Å². The average molecular weight is 310 g/mol. The van der Waals surface area contributed by atoms with Crippen molar-refractivity contribution in [1.82, 2.24) is 0 Å². The largest absolute Gasteiger partial charge is 0.481 e. The summed E-state index contributed by atoms with van der Waals surface area (Å²) in [6.45, 7) is 0. The highest BCUT2D eigenvalue weighted by Crippen LogP contribution is 2.08. The van der Waals surface area contributed by atoms with Crippen molar-refractivity contribution in [2.45, 2.75) is 77.0 Å². The molecule has 0 aliphatic heterocycles. The van der Waals surface area contributed by atoms with Crippen LogP contribution >= 0.6 is 0 Å². The second-order valence-electron chi connectivity index (χ2n) is 5.52. The summed E-state index contributed by atoms with van der Waals surface area (Å²) >= 11 is 0. The molecule has 0 aromatic heterocycles. The summed E-state index contributed by atoms with van der Waals surface area (Å²) in [5, 5.41) is 17.0. The Hall–Kier alpha value is -1.58. The molecular weight excluding hydrogens is 280 g/mol. The fraction of sp³-hybridized carbons (Fsp3) is 0.667. The monoisotopic (exact) mass is 310 g/mol. The molecule has 4 nitrogen and oxygen atoms in total. The van der Waals surface area contributed by atoms with Gasteiger partial charge in [0, 0.05) is 12.8 Å². The summed E-state index contributed by atoms with van der Waals surface area (Å²) in [6, 6.07) is 0. The van der Waals surface area contributed by atoms with Crippen LogP contribution in [0, 0.1) is 0 Å². The number of allylic oxidation sites excluding steroid dienone is 4. The van der Waals surface area contributed by atoms with E-state index < -0.39 is 11.9 Å². The summed E-state index contributed by atoms with van der Waals surface area (Å²) < 4.78 is 0. The molecule has 0 heterocycles. The van der Waals surface area contributed by atoms with Crippen LogP contribution in [0.5, 0.6) is 0 Å². The third kappa shape index (κ3) is 18.4. The molecule has 0 aliphatic rings. The van der Waals surface area contributed by atoms with E-state index in [4.69, 9.17) is 10.2 Å². The zero-order chi connectivity index (χ0) is 16.5. The molecule has 0 fully saturated rings. The summed E-state index contributed by atoms with van der Waals surface area (Å²) in [5.41, 5.74) is 0. The number of carbonyl (C=O) groups is 2. The molecule has 0 amide bonds. The van der Waals surface area contributed by atoms with Crippen molar-refractivity contribution in [2.24, 2.45) is 0 Å². The first-order chi connectivity index (χ1) is 10.6. The zero-order valence-corrected chi connectivity index (χ0v) is 13.5. The maximum atomic E-state index is 10.3. The second kappa shape index (κ2) is 15.8. The number of carboxylic acid groups (broad SMARTS) is 2. The standard InChI is InChI=1S/C18H30O4/c19-17(20)15-13-11-9-7-5-3-1-2-4-6-8-10-12-14-16-18(21)22/h1-2,5,7H,3-4,6,8-16H2,(H,19,20)(H,21,22). The molecule has 0 atom stereocenters. The highest BCUT2D eigenvalue weighted by atomic mass is 16.4. The van der Waals surface area contributed by atoms with E-state index in [0.29, 0.717) is 6.42 Å². The Morgan fingerprint density at radius 3 is 1.55 bits per heavy atom. The van der Waals surface area contributed by atoms with Crippen LogP contribution in [0.3, 0.4) is 0 Å². The SMILES string of the molecule is O=C(O)CCCCC=CCC=CCCCCCCCC(=O)O. The molecule has 22 heavy (non-hydrogen) atoms. The van der Waals surface area contributed by atoms with Crippen LogP contribution < -0.4 is 0 Å². The van der Waals surface area contributed by atoms with E-state index >= 15 is 0 Å². The van der Waals surface area contributed by atoms with Crippen LogP contribution in [-0.2, 0) is 9.59 Å². The number of unbranched alkanes of at least 4 members (excludes halogenated alkanes) is 7. The Morgan fingerprint density at radius 2 is 1.00 bits per heavy atom. The lowest BCUT2D eigenvalue weighted by Crippen LogP contribution is -1.93. The van der Waals surface area contributed by atoms with Gasteiger partial charge < -0.3 is 10.2 Å². The van der Waals surface area contributed by atoms with Gasteiger partial charge in [-0.1, -0.05) is 43.6 Å². The van der Waals surface area contributed by atoms with Gasteiger partial charge in [0.15, 0.2) is 0 Å². The smallest absolute Gasteiger partial charge is 0.303 e. The summed E-state index contributed by atoms with van der Waals surface area (Å²) in [5.74, 6) is -1.41. The average Bonchev–Trinajstić information content (AvgIpc) is 2.46. The third-order valence-electron chi connectivity index (χ3n) is 3.38. The molecule has 4 heteroatoms. The van der Waals surface area contributed by atoms with Crippen molar-refractivity contribution in [1.29, 1.82) is 0 Å². The second-order valence-corrected chi connectivity index (χ2v) is 5.52. The van der Waals surface area contributed by atoms with Crippen LogP contribution in [0.15, 0.2) is 24.3 Å². The fourth-order valence-corrected chi connectivity index (χ4v) is 2.11. The van der Waals surface area contributed by atoms with Crippen molar-refractivity contribution in [3.63, 3.8) is 0 Å². The quantitative estimate of drug-likeness (QED) is 0.331. The molecule has 126 valence electrons. The zero-order valence-electron chi connectivity index (χ0n) is 13.5. The Bertz CT molecular complexity index is 345. The Labute approximate surface area is 133 Å². The molecule has 0 bridgehead atoms. The Balaban J connectivity index is 3.23. The fourth-order valence-electron chi connectivity index (χ4n) is 2.11.